The molecule has 4 nitrogen and oxygen atoms in total. The molecular weight excluding hydrogens is 298 g/mol. The molecule has 0 unspecified atom stereocenters. The molecule has 1 saturated heterocycles. The summed E-state index contributed by atoms with van der Waals surface area (Å²) in [5.41, 5.74) is 0. The summed E-state index contributed by atoms with van der Waals surface area (Å²) in [6.07, 6.45) is 2.62. The normalized spacial score (nSPS) is 18.0. The van der Waals surface area contributed by atoms with Crippen LogP contribution >= 0.6 is 0 Å². The Bertz CT molecular complexity index is 585. The topological polar surface area (TPSA) is 49.4 Å². The SMILES string of the molecule is CNCCC1CCN(S(=O)(=O)c2ccc(F)c(F)c2)CC1. The van der Waals surface area contributed by atoms with Crippen molar-refractivity contribution >= 4 is 10.0 Å². The Balaban J connectivity index is 2.06. The fraction of sp³-hybridized carbons (Fsp3) is 0.571. The lowest BCUT2D eigenvalue weighted by Gasteiger charge is -2.31. The summed E-state index contributed by atoms with van der Waals surface area (Å²) < 4.78 is 52.3. The first kappa shape index (κ1) is 16.3. The Morgan fingerprint density at radius 1 is 1.24 bits per heavy atom. The van der Waals surface area contributed by atoms with E-state index in [9.17, 15) is 17.2 Å². The maximum Gasteiger partial charge on any atom is 0.243 e. The molecule has 1 aliphatic rings. The molecule has 1 aromatic carbocycles. The van der Waals surface area contributed by atoms with Gasteiger partial charge in [-0.15, -0.1) is 0 Å². The molecule has 21 heavy (non-hydrogen) atoms. The van der Waals surface area contributed by atoms with Crippen LogP contribution in [-0.2, 0) is 10.0 Å². The van der Waals surface area contributed by atoms with E-state index < -0.39 is 21.7 Å². The van der Waals surface area contributed by atoms with Crippen molar-refractivity contribution in [2.24, 2.45) is 5.92 Å². The highest BCUT2D eigenvalue weighted by Gasteiger charge is 2.29. The van der Waals surface area contributed by atoms with Crippen LogP contribution in [-0.4, -0.2) is 39.4 Å². The highest BCUT2D eigenvalue weighted by molar-refractivity contribution is 7.89. The lowest BCUT2D eigenvalue weighted by molar-refractivity contribution is 0.263. The van der Waals surface area contributed by atoms with E-state index in [4.69, 9.17) is 0 Å². The number of sulfonamides is 1. The van der Waals surface area contributed by atoms with Crippen LogP contribution < -0.4 is 5.32 Å². The first-order valence-corrected chi connectivity index (χ1v) is 8.49. The summed E-state index contributed by atoms with van der Waals surface area (Å²) in [5.74, 6) is -1.67. The van der Waals surface area contributed by atoms with Crippen LogP contribution in [0.2, 0.25) is 0 Å². The summed E-state index contributed by atoms with van der Waals surface area (Å²) >= 11 is 0. The van der Waals surface area contributed by atoms with E-state index in [2.05, 4.69) is 5.32 Å². The van der Waals surface area contributed by atoms with Crippen molar-refractivity contribution in [3.05, 3.63) is 29.8 Å². The smallest absolute Gasteiger partial charge is 0.243 e. The standard InChI is InChI=1S/C14H20F2N2O2S/c1-17-7-4-11-5-8-18(9-6-11)21(19,20)12-2-3-13(15)14(16)10-12/h2-3,10-11,17H,4-9H2,1H3. The van der Waals surface area contributed by atoms with Gasteiger partial charge >= 0.3 is 0 Å². The summed E-state index contributed by atoms with van der Waals surface area (Å²) in [6.45, 7) is 1.77. The number of piperidine rings is 1. The molecule has 0 atom stereocenters. The summed E-state index contributed by atoms with van der Waals surface area (Å²) in [4.78, 5) is -0.185. The third-order valence-corrected chi connectivity index (χ3v) is 5.80. The first-order valence-electron chi connectivity index (χ1n) is 7.05. The van der Waals surface area contributed by atoms with Gasteiger partial charge < -0.3 is 5.32 Å². The predicted octanol–water partition coefficient (Wildman–Crippen LogP) is 1.98. The van der Waals surface area contributed by atoms with E-state index >= 15 is 0 Å². The number of benzene rings is 1. The molecule has 1 N–H and O–H groups in total. The molecule has 1 heterocycles. The zero-order chi connectivity index (χ0) is 15.5. The van der Waals surface area contributed by atoms with Crippen LogP contribution in [0, 0.1) is 17.6 Å². The Hall–Kier alpha value is -1.05. The molecule has 0 aliphatic carbocycles. The van der Waals surface area contributed by atoms with Crippen LogP contribution in [0.3, 0.4) is 0 Å². The van der Waals surface area contributed by atoms with E-state index in [0.29, 0.717) is 19.0 Å². The lowest BCUT2D eigenvalue weighted by atomic mass is 9.95. The van der Waals surface area contributed by atoms with Crippen molar-refractivity contribution in [2.45, 2.75) is 24.2 Å². The van der Waals surface area contributed by atoms with Gasteiger partial charge in [0.15, 0.2) is 11.6 Å². The average molecular weight is 318 g/mol. The van der Waals surface area contributed by atoms with Crippen LogP contribution in [0.15, 0.2) is 23.1 Å². The van der Waals surface area contributed by atoms with Crippen LogP contribution in [0.4, 0.5) is 8.78 Å². The molecule has 1 fully saturated rings. The second-order valence-corrected chi connectivity index (χ2v) is 7.25. The minimum atomic E-state index is -3.73. The predicted molar refractivity (Wildman–Crippen MR) is 76.4 cm³/mol. The van der Waals surface area contributed by atoms with Gasteiger partial charge in [-0.2, -0.15) is 4.31 Å². The van der Waals surface area contributed by atoms with Gasteiger partial charge in [0.2, 0.25) is 10.0 Å². The Morgan fingerprint density at radius 2 is 1.90 bits per heavy atom. The van der Waals surface area contributed by atoms with Crippen LogP contribution in [0.1, 0.15) is 19.3 Å². The van der Waals surface area contributed by atoms with Gasteiger partial charge in [0.05, 0.1) is 4.90 Å². The summed E-state index contributed by atoms with van der Waals surface area (Å²) in [7, 11) is -1.84. The van der Waals surface area contributed by atoms with E-state index in [1.165, 1.54) is 4.31 Å². The number of hydrogen-bond acceptors (Lipinski definition) is 3. The highest BCUT2D eigenvalue weighted by Crippen LogP contribution is 2.26. The van der Waals surface area contributed by atoms with Crippen molar-refractivity contribution < 1.29 is 17.2 Å². The fourth-order valence-electron chi connectivity index (χ4n) is 2.57. The van der Waals surface area contributed by atoms with Gasteiger partial charge in [0, 0.05) is 13.1 Å². The van der Waals surface area contributed by atoms with E-state index in [0.717, 1.165) is 44.0 Å². The molecule has 0 aromatic heterocycles. The zero-order valence-corrected chi connectivity index (χ0v) is 12.8. The second kappa shape index (κ2) is 6.81. The second-order valence-electron chi connectivity index (χ2n) is 5.32. The Morgan fingerprint density at radius 3 is 2.48 bits per heavy atom. The maximum absolute atomic E-state index is 13.2. The van der Waals surface area contributed by atoms with E-state index in [1.54, 1.807) is 0 Å². The third-order valence-electron chi connectivity index (χ3n) is 3.90. The highest BCUT2D eigenvalue weighted by atomic mass is 32.2. The largest absolute Gasteiger partial charge is 0.320 e. The van der Waals surface area contributed by atoms with Crippen molar-refractivity contribution in [2.75, 3.05) is 26.7 Å². The Kier molecular flexibility index (Phi) is 5.29. The fourth-order valence-corrected chi connectivity index (χ4v) is 4.06. The van der Waals surface area contributed by atoms with Gasteiger partial charge in [0.25, 0.3) is 0 Å². The third kappa shape index (κ3) is 3.78. The van der Waals surface area contributed by atoms with Gasteiger partial charge in [-0.25, -0.2) is 17.2 Å². The number of rotatable bonds is 5. The molecule has 1 aromatic rings. The minimum Gasteiger partial charge on any atom is -0.320 e. The molecule has 0 amide bonds. The first-order chi connectivity index (χ1) is 9.95. The average Bonchev–Trinajstić information content (AvgIpc) is 2.48. The summed E-state index contributed by atoms with van der Waals surface area (Å²) in [6, 6.07) is 2.71. The molecule has 0 radical (unpaired) electrons. The van der Waals surface area contributed by atoms with Gasteiger partial charge in [-0.1, -0.05) is 0 Å². The van der Waals surface area contributed by atoms with Gasteiger partial charge in [-0.3, -0.25) is 0 Å². The number of nitrogens with zero attached hydrogens (tertiary/aromatic N) is 1. The summed E-state index contributed by atoms with van der Waals surface area (Å²) in [5, 5.41) is 3.08. The maximum atomic E-state index is 13.2. The molecule has 1 aliphatic heterocycles. The number of halogens is 2. The molecular formula is C14H20F2N2O2S. The Labute approximate surface area is 124 Å². The molecule has 0 bridgehead atoms. The van der Waals surface area contributed by atoms with Crippen LogP contribution in [0.5, 0.6) is 0 Å². The van der Waals surface area contributed by atoms with Crippen LogP contribution in [0.25, 0.3) is 0 Å². The molecule has 0 spiro atoms. The van der Waals surface area contributed by atoms with E-state index in [-0.39, 0.29) is 4.90 Å². The van der Waals surface area contributed by atoms with Crippen molar-refractivity contribution in [1.82, 2.24) is 9.62 Å². The van der Waals surface area contributed by atoms with Gasteiger partial charge in [0.1, 0.15) is 0 Å². The zero-order valence-electron chi connectivity index (χ0n) is 12.0. The van der Waals surface area contributed by atoms with E-state index in [1.807, 2.05) is 7.05 Å². The molecule has 7 heteroatoms. The van der Waals surface area contributed by atoms with Crippen molar-refractivity contribution in [1.29, 1.82) is 0 Å². The van der Waals surface area contributed by atoms with Crippen molar-refractivity contribution in [3.63, 3.8) is 0 Å². The quantitative estimate of drug-likeness (QED) is 0.903. The monoisotopic (exact) mass is 318 g/mol. The molecule has 0 saturated carbocycles. The molecule has 118 valence electrons. The number of nitrogens with one attached hydrogen (secondary N) is 1. The minimum absolute atomic E-state index is 0.185. The van der Waals surface area contributed by atoms with Crippen molar-refractivity contribution in [3.8, 4) is 0 Å². The lowest BCUT2D eigenvalue weighted by Crippen LogP contribution is -2.39. The number of hydrogen-bond donors (Lipinski definition) is 1. The molecule has 2 rings (SSSR count). The van der Waals surface area contributed by atoms with Gasteiger partial charge in [-0.05, 0) is 57.0 Å².